The standard InChI is InChI=1S/C7H13NO2S/c1-10-7(9)2-3-11-6-4-8-5-6/h6,8H,2-5H2,1H3. The Hall–Kier alpha value is -0.220. The lowest BCUT2D eigenvalue weighted by Gasteiger charge is -2.26. The first-order valence-electron chi connectivity index (χ1n) is 3.72. The second-order valence-electron chi connectivity index (χ2n) is 2.48. The minimum absolute atomic E-state index is 0.107. The molecule has 1 rings (SSSR count). The first-order valence-corrected chi connectivity index (χ1v) is 4.77. The summed E-state index contributed by atoms with van der Waals surface area (Å²) in [4.78, 5) is 10.6. The van der Waals surface area contributed by atoms with Gasteiger partial charge in [0.2, 0.25) is 0 Å². The van der Waals surface area contributed by atoms with Crippen molar-refractivity contribution in [3.05, 3.63) is 0 Å². The molecule has 4 heteroatoms. The fraction of sp³-hybridized carbons (Fsp3) is 0.857. The van der Waals surface area contributed by atoms with Gasteiger partial charge in [0, 0.05) is 24.1 Å². The number of carbonyl (C=O) groups excluding carboxylic acids is 1. The van der Waals surface area contributed by atoms with Crippen molar-refractivity contribution < 1.29 is 9.53 Å². The van der Waals surface area contributed by atoms with Crippen LogP contribution in [0.25, 0.3) is 0 Å². The third-order valence-electron chi connectivity index (χ3n) is 1.63. The zero-order valence-electron chi connectivity index (χ0n) is 6.63. The van der Waals surface area contributed by atoms with E-state index in [1.807, 2.05) is 11.8 Å². The molecule has 0 spiro atoms. The Morgan fingerprint density at radius 3 is 2.91 bits per heavy atom. The number of nitrogens with one attached hydrogen (secondary N) is 1. The second kappa shape index (κ2) is 4.62. The molecule has 0 aromatic heterocycles. The summed E-state index contributed by atoms with van der Waals surface area (Å²) in [6, 6.07) is 0. The van der Waals surface area contributed by atoms with Crippen molar-refractivity contribution in [3.63, 3.8) is 0 Å². The molecule has 0 aromatic rings. The van der Waals surface area contributed by atoms with Gasteiger partial charge in [-0.15, -0.1) is 0 Å². The average Bonchev–Trinajstić information content (AvgIpc) is 1.94. The predicted octanol–water partition coefficient (Wildman–Crippen LogP) is 0.254. The van der Waals surface area contributed by atoms with Crippen molar-refractivity contribution in [1.29, 1.82) is 0 Å². The van der Waals surface area contributed by atoms with Gasteiger partial charge in [0.15, 0.2) is 0 Å². The summed E-state index contributed by atoms with van der Waals surface area (Å²) in [5, 5.41) is 3.90. The molecule has 0 aliphatic carbocycles. The Morgan fingerprint density at radius 1 is 1.73 bits per heavy atom. The number of thioether (sulfide) groups is 1. The van der Waals surface area contributed by atoms with Gasteiger partial charge in [0.05, 0.1) is 13.5 Å². The quantitative estimate of drug-likeness (QED) is 0.622. The van der Waals surface area contributed by atoms with Crippen molar-refractivity contribution in [2.75, 3.05) is 26.0 Å². The molecule has 11 heavy (non-hydrogen) atoms. The molecule has 64 valence electrons. The Kier molecular flexibility index (Phi) is 3.72. The first-order chi connectivity index (χ1) is 5.33. The van der Waals surface area contributed by atoms with Gasteiger partial charge < -0.3 is 10.1 Å². The van der Waals surface area contributed by atoms with Crippen molar-refractivity contribution in [1.82, 2.24) is 5.32 Å². The third kappa shape index (κ3) is 3.12. The number of ether oxygens (including phenoxy) is 1. The van der Waals surface area contributed by atoms with E-state index in [0.717, 1.165) is 24.1 Å². The molecule has 1 aliphatic rings. The van der Waals surface area contributed by atoms with Crippen LogP contribution >= 0.6 is 11.8 Å². The molecule has 1 saturated heterocycles. The van der Waals surface area contributed by atoms with Crippen LogP contribution in [-0.2, 0) is 9.53 Å². The number of esters is 1. The van der Waals surface area contributed by atoms with Gasteiger partial charge in [0.25, 0.3) is 0 Å². The van der Waals surface area contributed by atoms with Crippen LogP contribution in [0.2, 0.25) is 0 Å². The van der Waals surface area contributed by atoms with Gasteiger partial charge in [0.1, 0.15) is 0 Å². The molecule has 1 N–H and O–H groups in total. The molecular weight excluding hydrogens is 162 g/mol. The number of hydrogen-bond acceptors (Lipinski definition) is 4. The highest BCUT2D eigenvalue weighted by atomic mass is 32.2. The highest BCUT2D eigenvalue weighted by Gasteiger charge is 2.16. The summed E-state index contributed by atoms with van der Waals surface area (Å²) < 4.78 is 4.52. The fourth-order valence-corrected chi connectivity index (χ4v) is 1.88. The molecule has 0 bridgehead atoms. The van der Waals surface area contributed by atoms with E-state index in [-0.39, 0.29) is 5.97 Å². The number of rotatable bonds is 4. The monoisotopic (exact) mass is 175 g/mol. The van der Waals surface area contributed by atoms with Crippen LogP contribution in [0.3, 0.4) is 0 Å². The average molecular weight is 175 g/mol. The molecule has 0 aromatic carbocycles. The lowest BCUT2D eigenvalue weighted by atomic mass is 10.3. The SMILES string of the molecule is COC(=O)CCSC1CNC1. The molecule has 0 radical (unpaired) electrons. The minimum atomic E-state index is -0.107. The summed E-state index contributed by atoms with van der Waals surface area (Å²) in [6.45, 7) is 2.18. The van der Waals surface area contributed by atoms with Gasteiger partial charge >= 0.3 is 5.97 Å². The highest BCUT2D eigenvalue weighted by molar-refractivity contribution is 8.00. The van der Waals surface area contributed by atoms with E-state index in [1.165, 1.54) is 7.11 Å². The smallest absolute Gasteiger partial charge is 0.306 e. The zero-order chi connectivity index (χ0) is 8.10. The van der Waals surface area contributed by atoms with Crippen molar-refractivity contribution in [2.45, 2.75) is 11.7 Å². The number of carbonyl (C=O) groups is 1. The lowest BCUT2D eigenvalue weighted by molar-refractivity contribution is -0.140. The van der Waals surface area contributed by atoms with E-state index in [0.29, 0.717) is 6.42 Å². The normalized spacial score (nSPS) is 17.5. The molecule has 0 amide bonds. The summed E-state index contributed by atoms with van der Waals surface area (Å²) >= 11 is 1.84. The van der Waals surface area contributed by atoms with E-state index >= 15 is 0 Å². The minimum Gasteiger partial charge on any atom is -0.469 e. The van der Waals surface area contributed by atoms with Gasteiger partial charge in [-0.3, -0.25) is 4.79 Å². The maximum Gasteiger partial charge on any atom is 0.306 e. The van der Waals surface area contributed by atoms with Crippen molar-refractivity contribution >= 4 is 17.7 Å². The lowest BCUT2D eigenvalue weighted by Crippen LogP contribution is -2.44. The van der Waals surface area contributed by atoms with E-state index < -0.39 is 0 Å². The first kappa shape index (κ1) is 8.87. The van der Waals surface area contributed by atoms with E-state index in [2.05, 4.69) is 10.1 Å². The maximum atomic E-state index is 10.6. The maximum absolute atomic E-state index is 10.6. The molecule has 1 heterocycles. The summed E-state index contributed by atoms with van der Waals surface area (Å²) in [6.07, 6.45) is 0.539. The molecule has 0 saturated carbocycles. The molecule has 3 nitrogen and oxygen atoms in total. The Bertz CT molecular complexity index is 136. The largest absolute Gasteiger partial charge is 0.469 e. The van der Waals surface area contributed by atoms with Crippen LogP contribution in [0.15, 0.2) is 0 Å². The van der Waals surface area contributed by atoms with E-state index in [4.69, 9.17) is 0 Å². The van der Waals surface area contributed by atoms with Crippen molar-refractivity contribution in [2.24, 2.45) is 0 Å². The Balaban J connectivity index is 1.90. The van der Waals surface area contributed by atoms with Gasteiger partial charge in [-0.1, -0.05) is 0 Å². The summed E-state index contributed by atoms with van der Waals surface area (Å²) in [5.74, 6) is 0.781. The van der Waals surface area contributed by atoms with Crippen molar-refractivity contribution in [3.8, 4) is 0 Å². The molecular formula is C7H13NO2S. The van der Waals surface area contributed by atoms with Crippen LogP contribution in [0.5, 0.6) is 0 Å². The molecule has 0 unspecified atom stereocenters. The van der Waals surface area contributed by atoms with Gasteiger partial charge in [-0.2, -0.15) is 11.8 Å². The van der Waals surface area contributed by atoms with Crippen LogP contribution in [-0.4, -0.2) is 37.2 Å². The summed E-state index contributed by atoms with van der Waals surface area (Å²) in [7, 11) is 1.43. The molecule has 1 fully saturated rings. The third-order valence-corrected chi connectivity index (χ3v) is 2.88. The Morgan fingerprint density at radius 2 is 2.45 bits per heavy atom. The highest BCUT2D eigenvalue weighted by Crippen LogP contribution is 2.15. The van der Waals surface area contributed by atoms with E-state index in [9.17, 15) is 4.79 Å². The van der Waals surface area contributed by atoms with Crippen LogP contribution < -0.4 is 5.32 Å². The zero-order valence-corrected chi connectivity index (χ0v) is 7.45. The molecule has 1 aliphatic heterocycles. The van der Waals surface area contributed by atoms with Gasteiger partial charge in [-0.05, 0) is 0 Å². The Labute approximate surface area is 70.9 Å². The van der Waals surface area contributed by atoms with Gasteiger partial charge in [-0.25, -0.2) is 0 Å². The second-order valence-corrected chi connectivity index (χ2v) is 3.89. The van der Waals surface area contributed by atoms with E-state index in [1.54, 1.807) is 0 Å². The van der Waals surface area contributed by atoms with Crippen LogP contribution in [0.1, 0.15) is 6.42 Å². The topological polar surface area (TPSA) is 38.3 Å². The number of methoxy groups -OCH3 is 1. The molecule has 0 atom stereocenters. The summed E-state index contributed by atoms with van der Waals surface area (Å²) in [5.41, 5.74) is 0. The predicted molar refractivity (Wildman–Crippen MR) is 45.7 cm³/mol. The number of hydrogen-bond donors (Lipinski definition) is 1. The fourth-order valence-electron chi connectivity index (χ4n) is 0.791. The van der Waals surface area contributed by atoms with Crippen LogP contribution in [0.4, 0.5) is 0 Å². The van der Waals surface area contributed by atoms with Crippen LogP contribution in [0, 0.1) is 0 Å².